The number of nitrogens with zero attached hydrogens (tertiary/aromatic N) is 3. The first kappa shape index (κ1) is 24.8. The van der Waals surface area contributed by atoms with Crippen LogP contribution in [0.2, 0.25) is 0 Å². The largest absolute Gasteiger partial charge is 0.456 e. The van der Waals surface area contributed by atoms with Gasteiger partial charge in [0.25, 0.3) is 27.9 Å². The molecule has 2 N–H and O–H groups in total. The number of fused-ring (bicyclic) bond motifs is 1. The molecule has 0 aliphatic heterocycles. The third-order valence-electron chi connectivity index (χ3n) is 4.65. The van der Waals surface area contributed by atoms with Crippen molar-refractivity contribution in [3.8, 4) is 11.3 Å². The number of H-pyrrole nitrogens is 1. The lowest BCUT2D eigenvalue weighted by Gasteiger charge is -2.13. The first-order valence-corrected chi connectivity index (χ1v) is 11.4. The summed E-state index contributed by atoms with van der Waals surface area (Å²) in [5, 5.41) is 3.80. The molecule has 0 atom stereocenters. The second-order valence-electron chi connectivity index (χ2n) is 7.03. The molecule has 0 saturated carbocycles. The zero-order valence-corrected chi connectivity index (χ0v) is 18.7. The molecular formula is C19H19F2N5O7S. The molecule has 0 fully saturated rings. The van der Waals surface area contributed by atoms with E-state index in [2.05, 4.69) is 14.8 Å². The van der Waals surface area contributed by atoms with Gasteiger partial charge >= 0.3 is 11.7 Å². The summed E-state index contributed by atoms with van der Waals surface area (Å²) >= 11 is 0. The molecule has 34 heavy (non-hydrogen) atoms. The van der Waals surface area contributed by atoms with E-state index in [-0.39, 0.29) is 16.5 Å². The number of esters is 1. The third kappa shape index (κ3) is 5.19. The predicted molar refractivity (Wildman–Crippen MR) is 114 cm³/mol. The molecule has 0 radical (unpaired) electrons. The van der Waals surface area contributed by atoms with E-state index in [1.165, 1.54) is 16.9 Å². The quantitative estimate of drug-likeness (QED) is 0.423. The molecule has 0 unspecified atom stereocenters. The summed E-state index contributed by atoms with van der Waals surface area (Å²) in [6.45, 7) is 2.22. The van der Waals surface area contributed by atoms with Gasteiger partial charge in [0.2, 0.25) is 0 Å². The molecule has 2 aromatic heterocycles. The first-order valence-electron chi connectivity index (χ1n) is 9.71. The summed E-state index contributed by atoms with van der Waals surface area (Å²) < 4.78 is 59.8. The summed E-state index contributed by atoms with van der Waals surface area (Å²) in [4.78, 5) is 50.0. The molecule has 0 spiro atoms. The number of halogens is 2. The number of carbonyl (C=O) groups excluding carboxylic acids is 2. The number of aromatic amines is 1. The van der Waals surface area contributed by atoms with Crippen molar-refractivity contribution < 1.29 is 31.5 Å². The van der Waals surface area contributed by atoms with Crippen LogP contribution in [0.15, 0.2) is 34.0 Å². The van der Waals surface area contributed by atoms with Crippen LogP contribution in [0.3, 0.4) is 0 Å². The van der Waals surface area contributed by atoms with Crippen LogP contribution >= 0.6 is 0 Å². The fourth-order valence-electron chi connectivity index (χ4n) is 3.22. The molecule has 0 bridgehead atoms. The molecule has 0 saturated heterocycles. The van der Waals surface area contributed by atoms with Gasteiger partial charge in [0.1, 0.15) is 0 Å². The van der Waals surface area contributed by atoms with Crippen molar-refractivity contribution in [2.24, 2.45) is 0 Å². The molecule has 0 aliphatic carbocycles. The van der Waals surface area contributed by atoms with Gasteiger partial charge in [-0.15, -0.1) is 0 Å². The number of amides is 1. The summed E-state index contributed by atoms with van der Waals surface area (Å²) in [7, 11) is -4.56. The second kappa shape index (κ2) is 9.54. The predicted octanol–water partition coefficient (Wildman–Crippen LogP) is 0.477. The minimum atomic E-state index is -4.56. The van der Waals surface area contributed by atoms with Gasteiger partial charge in [0.05, 0.1) is 16.6 Å². The number of nitrogens with one attached hydrogen (secondary N) is 2. The maximum atomic E-state index is 13.8. The Morgan fingerprint density at radius 3 is 2.59 bits per heavy atom. The van der Waals surface area contributed by atoms with Crippen molar-refractivity contribution in [1.29, 1.82) is 0 Å². The minimum Gasteiger partial charge on any atom is -0.456 e. The van der Waals surface area contributed by atoms with Crippen molar-refractivity contribution in [1.82, 2.24) is 24.1 Å². The van der Waals surface area contributed by atoms with E-state index in [4.69, 9.17) is 0 Å². The van der Waals surface area contributed by atoms with Crippen molar-refractivity contribution >= 4 is 32.8 Å². The number of alkyl halides is 2. The Morgan fingerprint density at radius 1 is 1.26 bits per heavy atom. The first-order chi connectivity index (χ1) is 15.9. The monoisotopic (exact) mass is 499 g/mol. The lowest BCUT2D eigenvalue weighted by atomic mass is 10.0. The van der Waals surface area contributed by atoms with Crippen LogP contribution in [0.1, 0.15) is 25.8 Å². The van der Waals surface area contributed by atoms with E-state index >= 15 is 0 Å². The van der Waals surface area contributed by atoms with Crippen LogP contribution < -0.4 is 16.0 Å². The van der Waals surface area contributed by atoms with Gasteiger partial charge in [-0.1, -0.05) is 0 Å². The zero-order valence-electron chi connectivity index (χ0n) is 17.9. The van der Waals surface area contributed by atoms with Crippen LogP contribution in [0.25, 0.3) is 22.2 Å². The fourth-order valence-corrected chi connectivity index (χ4v) is 4.27. The Bertz CT molecular complexity index is 1490. The van der Waals surface area contributed by atoms with Crippen molar-refractivity contribution in [2.75, 3.05) is 6.61 Å². The van der Waals surface area contributed by atoms with Gasteiger partial charge in [0.15, 0.2) is 12.5 Å². The van der Waals surface area contributed by atoms with Crippen LogP contribution in [-0.4, -0.2) is 46.2 Å². The molecule has 182 valence electrons. The van der Waals surface area contributed by atoms with Gasteiger partial charge in [-0.05, 0) is 25.1 Å². The van der Waals surface area contributed by atoms with Gasteiger partial charge in [-0.3, -0.25) is 19.1 Å². The Hall–Kier alpha value is -3.88. The normalized spacial score (nSPS) is 11.7. The number of rotatable bonds is 8. The average Bonchev–Trinajstić information content (AvgIpc) is 3.23. The van der Waals surface area contributed by atoms with Gasteiger partial charge in [-0.2, -0.15) is 5.10 Å². The number of hydrogen-bond donors (Lipinski definition) is 2. The van der Waals surface area contributed by atoms with Crippen molar-refractivity contribution in [2.45, 2.75) is 32.7 Å². The highest BCUT2D eigenvalue weighted by molar-refractivity contribution is 7.89. The van der Waals surface area contributed by atoms with Gasteiger partial charge in [-0.25, -0.2) is 31.3 Å². The molecule has 1 amide bonds. The highest BCUT2D eigenvalue weighted by Gasteiger charge is 2.23. The van der Waals surface area contributed by atoms with Crippen LogP contribution in [-0.2, 0) is 36.8 Å². The zero-order chi connectivity index (χ0) is 25.2. The van der Waals surface area contributed by atoms with E-state index < -0.39 is 57.6 Å². The summed E-state index contributed by atoms with van der Waals surface area (Å²) in [6, 6.07) is 3.55. The molecule has 3 rings (SSSR count). The number of hydrogen-bond acceptors (Lipinski definition) is 8. The molecule has 0 aliphatic rings. The molecular weight excluding hydrogens is 480 g/mol. The van der Waals surface area contributed by atoms with Gasteiger partial charge in [0, 0.05) is 30.8 Å². The standard InChI is InChI=1S/C19H19F2N5O7S/c1-3-26-15(4-5-22-26)11-6-13-14(7-12(11)17(20)21)23-19(30)25(18(13)29)9-34(31,32)24-16(28)8-33-10(2)27/h4-7,17H,3,8-9H2,1-2H3,(H,23,30)(H,24,28). The molecule has 12 nitrogen and oxygen atoms in total. The second-order valence-corrected chi connectivity index (χ2v) is 8.72. The van der Waals surface area contributed by atoms with Crippen molar-refractivity contribution in [3.63, 3.8) is 0 Å². The fraction of sp³-hybridized carbons (Fsp3) is 0.316. The maximum Gasteiger partial charge on any atom is 0.329 e. The van der Waals surface area contributed by atoms with Crippen LogP contribution in [0, 0.1) is 0 Å². The number of ether oxygens (including phenoxy) is 1. The average molecular weight is 499 g/mol. The third-order valence-corrected chi connectivity index (χ3v) is 5.79. The van der Waals surface area contributed by atoms with E-state index in [9.17, 15) is 36.4 Å². The van der Waals surface area contributed by atoms with E-state index in [0.717, 1.165) is 19.1 Å². The Labute approximate surface area is 190 Å². The van der Waals surface area contributed by atoms with Crippen LogP contribution in [0.5, 0.6) is 0 Å². The molecule has 3 aromatic rings. The Morgan fingerprint density at radius 2 is 1.97 bits per heavy atom. The highest BCUT2D eigenvalue weighted by atomic mass is 32.2. The molecule has 15 heteroatoms. The van der Waals surface area contributed by atoms with Gasteiger partial charge < -0.3 is 9.72 Å². The Kier molecular flexibility index (Phi) is 6.95. The maximum absolute atomic E-state index is 13.8. The summed E-state index contributed by atoms with van der Waals surface area (Å²) in [6.07, 6.45) is -1.55. The van der Waals surface area contributed by atoms with E-state index in [0.29, 0.717) is 16.8 Å². The van der Waals surface area contributed by atoms with Crippen LogP contribution in [0.4, 0.5) is 8.78 Å². The molecule has 2 heterocycles. The molecule has 1 aromatic carbocycles. The van der Waals surface area contributed by atoms with E-state index in [1.54, 1.807) is 11.6 Å². The topological polar surface area (TPSA) is 162 Å². The SMILES string of the molecule is CCn1nccc1-c1cc2c(=O)n(CS(=O)(=O)NC(=O)COC(C)=O)c(=O)[nH]c2cc1C(F)F. The highest BCUT2D eigenvalue weighted by Crippen LogP contribution is 2.33. The smallest absolute Gasteiger partial charge is 0.329 e. The number of aryl methyl sites for hydroxylation is 1. The lowest BCUT2D eigenvalue weighted by Crippen LogP contribution is -2.42. The number of sulfonamides is 1. The Balaban J connectivity index is 2.09. The summed E-state index contributed by atoms with van der Waals surface area (Å²) in [5.74, 6) is -3.27. The lowest BCUT2D eigenvalue weighted by molar-refractivity contribution is -0.145. The summed E-state index contributed by atoms with van der Waals surface area (Å²) in [5.41, 5.74) is -2.68. The van der Waals surface area contributed by atoms with E-state index in [1.807, 2.05) is 0 Å². The number of benzene rings is 1. The number of aromatic nitrogens is 4. The number of carbonyl (C=O) groups is 2. The van der Waals surface area contributed by atoms with Crippen molar-refractivity contribution in [3.05, 3.63) is 50.8 Å². The minimum absolute atomic E-state index is 0.0184.